The third-order valence-electron chi connectivity index (χ3n) is 3.16. The van der Waals surface area contributed by atoms with Crippen molar-refractivity contribution in [1.29, 1.82) is 5.41 Å². The molecule has 0 radical (unpaired) electrons. The first kappa shape index (κ1) is 10.6. The van der Waals surface area contributed by atoms with Crippen molar-refractivity contribution < 1.29 is 0 Å². The zero-order valence-corrected chi connectivity index (χ0v) is 9.30. The molecular weight excluding hydrogens is 160 g/mol. The van der Waals surface area contributed by atoms with Crippen molar-refractivity contribution in [2.45, 2.75) is 46.6 Å². The summed E-state index contributed by atoms with van der Waals surface area (Å²) in [7, 11) is 0. The summed E-state index contributed by atoms with van der Waals surface area (Å²) < 4.78 is 0. The van der Waals surface area contributed by atoms with E-state index in [9.17, 15) is 0 Å². The second-order valence-electron chi connectivity index (χ2n) is 4.47. The molecule has 76 valence electrons. The van der Waals surface area contributed by atoms with Gasteiger partial charge in [0.15, 0.2) is 0 Å². The Balaban J connectivity index is 2.65. The van der Waals surface area contributed by atoms with Crippen molar-refractivity contribution in [1.82, 2.24) is 4.90 Å². The van der Waals surface area contributed by atoms with Gasteiger partial charge in [-0.05, 0) is 18.8 Å². The summed E-state index contributed by atoms with van der Waals surface area (Å²) in [5.41, 5.74) is 0. The molecule has 1 saturated heterocycles. The second kappa shape index (κ2) is 4.12. The van der Waals surface area contributed by atoms with Crippen LogP contribution in [0.25, 0.3) is 0 Å². The minimum absolute atomic E-state index is 0.374. The molecule has 0 saturated carbocycles. The van der Waals surface area contributed by atoms with Gasteiger partial charge in [0.05, 0.1) is 5.84 Å². The quantitative estimate of drug-likeness (QED) is 0.516. The van der Waals surface area contributed by atoms with Crippen LogP contribution in [0.1, 0.15) is 40.5 Å². The molecule has 2 heteroatoms. The molecule has 0 amide bonds. The molecule has 13 heavy (non-hydrogen) atoms. The molecule has 0 bridgehead atoms. The second-order valence-corrected chi connectivity index (χ2v) is 4.47. The number of amidine groups is 1. The highest BCUT2D eigenvalue weighted by Crippen LogP contribution is 2.27. The molecule has 0 aromatic heterocycles. The molecular formula is C11H22N2. The van der Waals surface area contributed by atoms with Gasteiger partial charge in [0.25, 0.3) is 0 Å². The smallest absolute Gasteiger partial charge is 0.0986 e. The van der Waals surface area contributed by atoms with Crippen molar-refractivity contribution in [3.63, 3.8) is 0 Å². The van der Waals surface area contributed by atoms with Gasteiger partial charge in [0, 0.05) is 18.5 Å². The number of hydrogen-bond acceptors (Lipinski definition) is 1. The van der Waals surface area contributed by atoms with Gasteiger partial charge in [-0.1, -0.05) is 27.7 Å². The maximum absolute atomic E-state index is 7.99. The zero-order chi connectivity index (χ0) is 10.0. The van der Waals surface area contributed by atoms with Crippen LogP contribution in [-0.2, 0) is 0 Å². The Morgan fingerprint density at radius 1 is 1.54 bits per heavy atom. The molecule has 0 aliphatic carbocycles. The Bertz CT molecular complexity index is 187. The molecule has 1 N–H and O–H groups in total. The van der Waals surface area contributed by atoms with E-state index in [0.717, 1.165) is 18.3 Å². The van der Waals surface area contributed by atoms with Gasteiger partial charge in [-0.25, -0.2) is 0 Å². The minimum atomic E-state index is 0.374. The van der Waals surface area contributed by atoms with Crippen molar-refractivity contribution in [2.24, 2.45) is 11.8 Å². The van der Waals surface area contributed by atoms with Gasteiger partial charge in [-0.2, -0.15) is 0 Å². The molecule has 0 aromatic carbocycles. The van der Waals surface area contributed by atoms with Crippen LogP contribution in [0.2, 0.25) is 0 Å². The highest BCUT2D eigenvalue weighted by atomic mass is 15.2. The minimum Gasteiger partial charge on any atom is -0.357 e. The third-order valence-corrected chi connectivity index (χ3v) is 3.16. The fraction of sp³-hybridized carbons (Fsp3) is 0.909. The average Bonchev–Trinajstić information content (AvgIpc) is 2.45. The van der Waals surface area contributed by atoms with Crippen LogP contribution in [0, 0.1) is 17.2 Å². The lowest BCUT2D eigenvalue weighted by Gasteiger charge is -2.30. The predicted molar refractivity (Wildman–Crippen MR) is 57.1 cm³/mol. The lowest BCUT2D eigenvalue weighted by Crippen LogP contribution is -2.38. The Hall–Kier alpha value is -0.530. The van der Waals surface area contributed by atoms with E-state index >= 15 is 0 Å². The molecule has 1 aliphatic rings. The summed E-state index contributed by atoms with van der Waals surface area (Å²) in [6.45, 7) is 9.85. The Morgan fingerprint density at radius 2 is 2.15 bits per heavy atom. The Morgan fingerprint density at radius 3 is 2.62 bits per heavy atom. The normalized spacial score (nSPS) is 28.5. The summed E-state index contributed by atoms with van der Waals surface area (Å²) in [5.74, 6) is 1.97. The molecule has 2 unspecified atom stereocenters. The first-order valence-electron chi connectivity index (χ1n) is 5.43. The number of hydrogen-bond donors (Lipinski definition) is 1. The maximum Gasteiger partial charge on any atom is 0.0986 e. The van der Waals surface area contributed by atoms with Gasteiger partial charge in [0.2, 0.25) is 0 Å². The Kier molecular flexibility index (Phi) is 3.34. The molecule has 0 aromatic rings. The van der Waals surface area contributed by atoms with E-state index < -0.39 is 0 Å². The van der Waals surface area contributed by atoms with E-state index in [1.807, 2.05) is 0 Å². The molecule has 2 atom stereocenters. The van der Waals surface area contributed by atoms with E-state index in [0.29, 0.717) is 12.0 Å². The topological polar surface area (TPSA) is 27.1 Å². The molecule has 1 aliphatic heterocycles. The first-order chi connectivity index (χ1) is 6.07. The highest BCUT2D eigenvalue weighted by Gasteiger charge is 2.31. The van der Waals surface area contributed by atoms with Crippen molar-refractivity contribution in [2.75, 3.05) is 6.54 Å². The van der Waals surface area contributed by atoms with Gasteiger partial charge in [-0.15, -0.1) is 0 Å². The monoisotopic (exact) mass is 182 g/mol. The van der Waals surface area contributed by atoms with Gasteiger partial charge >= 0.3 is 0 Å². The molecule has 1 heterocycles. The first-order valence-corrected chi connectivity index (χ1v) is 5.43. The van der Waals surface area contributed by atoms with Crippen molar-refractivity contribution in [3.8, 4) is 0 Å². The fourth-order valence-electron chi connectivity index (χ4n) is 2.26. The van der Waals surface area contributed by atoms with E-state index in [-0.39, 0.29) is 0 Å². The lowest BCUT2D eigenvalue weighted by molar-refractivity contribution is 0.321. The van der Waals surface area contributed by atoms with Crippen LogP contribution >= 0.6 is 0 Å². The largest absolute Gasteiger partial charge is 0.357 e. The van der Waals surface area contributed by atoms with Crippen molar-refractivity contribution >= 4 is 5.84 Å². The average molecular weight is 182 g/mol. The van der Waals surface area contributed by atoms with E-state index in [1.54, 1.807) is 0 Å². The molecule has 0 spiro atoms. The summed E-state index contributed by atoms with van der Waals surface area (Å²) in [6, 6.07) is 0.620. The summed E-state index contributed by atoms with van der Waals surface area (Å²) in [4.78, 5) is 2.30. The van der Waals surface area contributed by atoms with Crippen molar-refractivity contribution in [3.05, 3.63) is 0 Å². The molecule has 1 rings (SSSR count). The summed E-state index contributed by atoms with van der Waals surface area (Å²) >= 11 is 0. The molecule has 2 nitrogen and oxygen atoms in total. The van der Waals surface area contributed by atoms with Gasteiger partial charge in [0.1, 0.15) is 0 Å². The number of nitrogens with zero attached hydrogens (tertiary/aromatic N) is 1. The SMILES string of the molecule is CCC1C(C)CCN1C(=N)C(C)C. The van der Waals surface area contributed by atoms with Crippen LogP contribution in [0.5, 0.6) is 0 Å². The Labute approximate surface area is 81.8 Å². The van der Waals surface area contributed by atoms with E-state index in [1.165, 1.54) is 12.8 Å². The fourth-order valence-corrected chi connectivity index (χ4v) is 2.26. The molecule has 1 fully saturated rings. The number of likely N-dealkylation sites (tertiary alicyclic amines) is 1. The van der Waals surface area contributed by atoms with Crippen LogP contribution < -0.4 is 0 Å². The summed E-state index contributed by atoms with van der Waals surface area (Å²) in [5, 5.41) is 7.99. The van der Waals surface area contributed by atoms with Crippen LogP contribution in [0.4, 0.5) is 0 Å². The number of rotatable bonds is 2. The third kappa shape index (κ3) is 2.04. The zero-order valence-electron chi connectivity index (χ0n) is 9.30. The van der Waals surface area contributed by atoms with Crippen LogP contribution in [-0.4, -0.2) is 23.3 Å². The van der Waals surface area contributed by atoms with Crippen LogP contribution in [0.15, 0.2) is 0 Å². The van der Waals surface area contributed by atoms with E-state index in [4.69, 9.17) is 5.41 Å². The number of nitrogens with one attached hydrogen (secondary N) is 1. The van der Waals surface area contributed by atoms with E-state index in [2.05, 4.69) is 32.6 Å². The van der Waals surface area contributed by atoms with Gasteiger partial charge < -0.3 is 4.90 Å². The maximum atomic E-state index is 7.99. The summed E-state index contributed by atoms with van der Waals surface area (Å²) in [6.07, 6.45) is 2.43. The standard InChI is InChI=1S/C11H22N2/c1-5-10-9(4)6-7-13(10)11(12)8(2)3/h8-10,12H,5-7H2,1-4H3. The highest BCUT2D eigenvalue weighted by molar-refractivity contribution is 5.81. The predicted octanol–water partition coefficient (Wildman–Crippen LogP) is 2.74. The van der Waals surface area contributed by atoms with Gasteiger partial charge in [-0.3, -0.25) is 5.41 Å². The van der Waals surface area contributed by atoms with Crippen LogP contribution in [0.3, 0.4) is 0 Å². The lowest BCUT2D eigenvalue weighted by atomic mass is 10.0.